The van der Waals surface area contributed by atoms with Crippen LogP contribution in [0.3, 0.4) is 0 Å². The van der Waals surface area contributed by atoms with Crippen molar-refractivity contribution in [2.24, 2.45) is 5.73 Å². The quantitative estimate of drug-likeness (QED) is 0.219. The summed E-state index contributed by atoms with van der Waals surface area (Å²) in [6, 6.07) is 6.52. The summed E-state index contributed by atoms with van der Waals surface area (Å²) in [7, 11) is 0. The molecule has 1 aliphatic rings. The van der Waals surface area contributed by atoms with Crippen LogP contribution in [-0.2, 0) is 27.2 Å². The lowest BCUT2D eigenvalue weighted by Gasteiger charge is -2.36. The molecule has 4 N–H and O–H groups in total. The molecule has 10 heteroatoms. The summed E-state index contributed by atoms with van der Waals surface area (Å²) in [6.45, 7) is 15.1. The Balaban J connectivity index is 1.41. The number of nitrogens with zero attached hydrogens (tertiary/aromatic N) is 5. The third-order valence-electron chi connectivity index (χ3n) is 7.52. The number of ether oxygens (including phenoxy) is 2. The van der Waals surface area contributed by atoms with Crippen LogP contribution in [0.1, 0.15) is 65.6 Å². The second-order valence-electron chi connectivity index (χ2n) is 12.0. The first kappa shape index (κ1) is 31.0. The molecule has 0 bridgehead atoms. The van der Waals surface area contributed by atoms with Crippen LogP contribution in [0.5, 0.6) is 0 Å². The molecule has 1 aliphatic heterocycles. The minimum absolute atomic E-state index is 0.215. The van der Waals surface area contributed by atoms with Gasteiger partial charge in [-0.15, -0.1) is 0 Å². The first-order valence-electron chi connectivity index (χ1n) is 15.3. The number of hydrogen-bond acceptors (Lipinski definition) is 9. The van der Waals surface area contributed by atoms with Crippen LogP contribution < -0.4 is 16.4 Å². The number of nitrogens with two attached hydrogens (primary N) is 2. The number of imidazole rings is 1. The van der Waals surface area contributed by atoms with E-state index in [1.54, 1.807) is 0 Å². The van der Waals surface area contributed by atoms with E-state index >= 15 is 0 Å². The number of pyridine rings is 1. The van der Waals surface area contributed by atoms with Gasteiger partial charge in [0.05, 0.1) is 30.7 Å². The molecule has 1 fully saturated rings. The summed E-state index contributed by atoms with van der Waals surface area (Å²) in [5, 5.41) is 1.11. The van der Waals surface area contributed by atoms with E-state index in [0.717, 1.165) is 99.1 Å². The molecule has 1 saturated heterocycles. The van der Waals surface area contributed by atoms with E-state index in [-0.39, 0.29) is 12.4 Å². The first-order valence-corrected chi connectivity index (χ1v) is 15.3. The zero-order valence-corrected chi connectivity index (χ0v) is 25.5. The van der Waals surface area contributed by atoms with E-state index < -0.39 is 5.60 Å². The van der Waals surface area contributed by atoms with Crippen LogP contribution in [-0.4, -0.2) is 83.5 Å². The van der Waals surface area contributed by atoms with Gasteiger partial charge in [0.1, 0.15) is 16.9 Å². The monoisotopic (exact) mass is 567 g/mol. The maximum atomic E-state index is 11.8. The molecule has 3 aromatic rings. The summed E-state index contributed by atoms with van der Waals surface area (Å²) >= 11 is 0. The molecule has 0 atom stereocenters. The van der Waals surface area contributed by atoms with E-state index in [9.17, 15) is 4.79 Å². The number of rotatable bonds is 14. The average molecular weight is 568 g/mol. The molecule has 0 spiro atoms. The fraction of sp³-hybridized carbons (Fsp3) is 0.645. The molecule has 0 unspecified atom stereocenters. The molecule has 0 saturated carbocycles. The Morgan fingerprint density at radius 2 is 1.80 bits per heavy atom. The molecule has 226 valence electrons. The van der Waals surface area contributed by atoms with Crippen molar-refractivity contribution < 1.29 is 14.3 Å². The highest BCUT2D eigenvalue weighted by Crippen LogP contribution is 2.32. The van der Waals surface area contributed by atoms with E-state index in [2.05, 4.69) is 39.5 Å². The van der Waals surface area contributed by atoms with Gasteiger partial charge in [-0.25, -0.2) is 9.97 Å². The molecular formula is C31H49N7O3. The number of fused-ring (bicyclic) bond motifs is 3. The highest BCUT2D eigenvalue weighted by molar-refractivity contribution is 6.07. The number of unbranched alkanes of at least 4 members (excludes halogenated alkanes) is 2. The maximum absolute atomic E-state index is 11.8. The predicted molar refractivity (Wildman–Crippen MR) is 166 cm³/mol. The number of hydrogen-bond donors (Lipinski definition) is 2. The van der Waals surface area contributed by atoms with Gasteiger partial charge in [-0.1, -0.05) is 13.3 Å². The first-order chi connectivity index (χ1) is 19.7. The topological polar surface area (TPSA) is 125 Å². The second-order valence-corrected chi connectivity index (χ2v) is 12.0. The van der Waals surface area contributed by atoms with Crippen molar-refractivity contribution in [1.29, 1.82) is 0 Å². The zero-order valence-electron chi connectivity index (χ0n) is 25.5. The molecule has 0 amide bonds. The maximum Gasteiger partial charge on any atom is 0.308 e. The van der Waals surface area contributed by atoms with Gasteiger partial charge >= 0.3 is 5.97 Å². The second kappa shape index (κ2) is 14.3. The molecule has 0 radical (unpaired) electrons. The summed E-state index contributed by atoms with van der Waals surface area (Å²) in [6.07, 6.45) is 5.42. The number of esters is 1. The van der Waals surface area contributed by atoms with Crippen molar-refractivity contribution >= 4 is 39.4 Å². The Bertz CT molecular complexity index is 1290. The normalized spacial score (nSPS) is 14.8. The van der Waals surface area contributed by atoms with E-state index in [1.165, 1.54) is 5.69 Å². The lowest BCUT2D eigenvalue weighted by molar-refractivity contribution is -0.156. The molecule has 1 aromatic carbocycles. The Hall–Kier alpha value is -2.95. The molecular weight excluding hydrogens is 518 g/mol. The molecule has 2 aromatic heterocycles. The predicted octanol–water partition coefficient (Wildman–Crippen LogP) is 4.12. The van der Waals surface area contributed by atoms with Gasteiger partial charge in [0.2, 0.25) is 0 Å². The van der Waals surface area contributed by atoms with E-state index in [0.29, 0.717) is 25.6 Å². The Labute approximate surface area is 244 Å². The van der Waals surface area contributed by atoms with Crippen molar-refractivity contribution in [2.45, 2.75) is 78.4 Å². The van der Waals surface area contributed by atoms with Crippen LogP contribution in [0.4, 0.5) is 11.5 Å². The van der Waals surface area contributed by atoms with Crippen LogP contribution in [0.15, 0.2) is 18.2 Å². The summed E-state index contributed by atoms with van der Waals surface area (Å²) in [5.74, 6) is 1.37. The third-order valence-corrected chi connectivity index (χ3v) is 7.52. The number of nitrogen functional groups attached to an aromatic ring is 1. The van der Waals surface area contributed by atoms with Gasteiger partial charge < -0.3 is 30.4 Å². The highest BCUT2D eigenvalue weighted by atomic mass is 16.6. The van der Waals surface area contributed by atoms with Crippen LogP contribution in [0.2, 0.25) is 0 Å². The number of carbonyl (C=O) groups excluding carboxylic acids is 1. The molecule has 3 heterocycles. The van der Waals surface area contributed by atoms with Gasteiger partial charge in [0.15, 0.2) is 5.82 Å². The van der Waals surface area contributed by atoms with Crippen molar-refractivity contribution in [1.82, 2.24) is 19.4 Å². The fourth-order valence-corrected chi connectivity index (χ4v) is 5.40. The number of carbonyl (C=O) groups is 1. The van der Waals surface area contributed by atoms with Gasteiger partial charge in [0, 0.05) is 56.8 Å². The largest absolute Gasteiger partial charge is 0.460 e. The Kier molecular flexibility index (Phi) is 10.8. The van der Waals surface area contributed by atoms with Crippen LogP contribution in [0.25, 0.3) is 21.9 Å². The summed E-state index contributed by atoms with van der Waals surface area (Å²) < 4.78 is 13.4. The number of aromatic nitrogens is 3. The van der Waals surface area contributed by atoms with Crippen molar-refractivity contribution in [3.05, 3.63) is 24.0 Å². The number of aryl methyl sites for hydroxylation is 2. The molecule has 41 heavy (non-hydrogen) atoms. The van der Waals surface area contributed by atoms with Gasteiger partial charge in [-0.05, 0) is 64.8 Å². The van der Waals surface area contributed by atoms with Gasteiger partial charge in [-0.3, -0.25) is 9.69 Å². The van der Waals surface area contributed by atoms with Crippen LogP contribution in [0, 0.1) is 0 Å². The lowest BCUT2D eigenvalue weighted by Crippen LogP contribution is -2.47. The molecule has 0 aliphatic carbocycles. The number of benzene rings is 1. The lowest BCUT2D eigenvalue weighted by atomic mass is 10.1. The Morgan fingerprint density at radius 3 is 2.51 bits per heavy atom. The van der Waals surface area contributed by atoms with E-state index in [1.807, 2.05) is 20.8 Å². The molecule has 4 rings (SSSR count). The highest BCUT2D eigenvalue weighted by Gasteiger charge is 2.21. The Morgan fingerprint density at radius 1 is 1.02 bits per heavy atom. The minimum Gasteiger partial charge on any atom is -0.460 e. The standard InChI is InChI=1S/C31H49N7O3/c1-5-6-9-26-35-28-29(38(26)14-8-7-13-32)24-22-23(10-11-25(24)34-30(28)33)37-17-15-36(16-18-37)19-21-40-20-12-27(39)41-31(2,3)4/h10-11,22H,5-9,12-21,32H2,1-4H3,(H2,33,34). The molecule has 10 nitrogen and oxygen atoms in total. The van der Waals surface area contributed by atoms with E-state index in [4.69, 9.17) is 30.9 Å². The SMILES string of the molecule is CCCCc1nc2c(N)nc3ccc(N4CCN(CCOCCC(=O)OC(C)(C)C)CC4)cc3c2n1CCCCN. The summed E-state index contributed by atoms with van der Waals surface area (Å²) in [4.78, 5) is 26.4. The minimum atomic E-state index is -0.457. The van der Waals surface area contributed by atoms with Crippen molar-refractivity contribution in [2.75, 3.05) is 63.1 Å². The van der Waals surface area contributed by atoms with Gasteiger partial charge in [-0.2, -0.15) is 0 Å². The average Bonchev–Trinajstić information content (AvgIpc) is 3.30. The fourth-order valence-electron chi connectivity index (χ4n) is 5.40. The number of anilines is 2. The van der Waals surface area contributed by atoms with Crippen molar-refractivity contribution in [3.8, 4) is 0 Å². The number of piperazine rings is 1. The van der Waals surface area contributed by atoms with Crippen molar-refractivity contribution in [3.63, 3.8) is 0 Å². The van der Waals surface area contributed by atoms with Crippen LogP contribution >= 0.6 is 0 Å². The smallest absolute Gasteiger partial charge is 0.308 e. The summed E-state index contributed by atoms with van der Waals surface area (Å²) in [5.41, 5.74) is 15.8. The zero-order chi connectivity index (χ0) is 29.4. The van der Waals surface area contributed by atoms with Gasteiger partial charge in [0.25, 0.3) is 0 Å². The third kappa shape index (κ3) is 8.30.